The number of benzene rings is 2. The third kappa shape index (κ3) is 3.07. The van der Waals surface area contributed by atoms with E-state index in [1.165, 1.54) is 6.92 Å². The van der Waals surface area contributed by atoms with Gasteiger partial charge in [-0.05, 0) is 43.3 Å². The molecule has 0 unspecified atom stereocenters. The molecule has 0 bridgehead atoms. The van der Waals surface area contributed by atoms with Crippen molar-refractivity contribution in [2.24, 2.45) is 0 Å². The molecule has 0 spiro atoms. The predicted molar refractivity (Wildman–Crippen MR) is 89.0 cm³/mol. The molecule has 1 heterocycles. The number of Topliss-reactive ketones (excluding diaryl/α,β-unsaturated/α-hetero) is 1. The number of fused-ring (bicyclic) bond motifs is 1. The summed E-state index contributed by atoms with van der Waals surface area (Å²) < 4.78 is 27.8. The van der Waals surface area contributed by atoms with E-state index in [0.717, 1.165) is 5.39 Å². The molecule has 0 aliphatic carbocycles. The highest BCUT2D eigenvalue weighted by molar-refractivity contribution is 7.93. The minimum Gasteiger partial charge on any atom is -0.295 e. The normalized spacial score (nSPS) is 11.3. The van der Waals surface area contributed by atoms with Crippen molar-refractivity contribution in [3.05, 3.63) is 66.5 Å². The van der Waals surface area contributed by atoms with E-state index in [2.05, 4.69) is 9.71 Å². The largest absolute Gasteiger partial charge is 0.295 e. The van der Waals surface area contributed by atoms with Crippen LogP contribution < -0.4 is 4.72 Å². The van der Waals surface area contributed by atoms with Crippen molar-refractivity contribution in [2.45, 2.75) is 11.8 Å². The third-order valence-corrected chi connectivity index (χ3v) is 4.91. The average molecular weight is 326 g/mol. The lowest BCUT2D eigenvalue weighted by Crippen LogP contribution is -2.13. The molecule has 3 aromatic rings. The van der Waals surface area contributed by atoms with Crippen molar-refractivity contribution in [2.75, 3.05) is 4.72 Å². The number of hydrogen-bond donors (Lipinski definition) is 1. The van der Waals surface area contributed by atoms with Gasteiger partial charge in [0.2, 0.25) is 0 Å². The smallest absolute Gasteiger partial charge is 0.262 e. The second kappa shape index (κ2) is 5.81. The van der Waals surface area contributed by atoms with Gasteiger partial charge in [0.05, 0.1) is 4.90 Å². The first-order valence-electron chi connectivity index (χ1n) is 6.94. The Kier molecular flexibility index (Phi) is 3.83. The summed E-state index contributed by atoms with van der Waals surface area (Å²) in [4.78, 5) is 15.5. The van der Waals surface area contributed by atoms with Crippen molar-refractivity contribution >= 4 is 32.3 Å². The van der Waals surface area contributed by atoms with E-state index in [9.17, 15) is 13.2 Å². The number of aromatic nitrogens is 1. The number of nitrogens with zero attached hydrogens (tertiary/aromatic N) is 1. The van der Waals surface area contributed by atoms with Crippen LogP contribution in [0.1, 0.15) is 17.3 Å². The molecular weight excluding hydrogens is 312 g/mol. The molecule has 0 saturated heterocycles. The zero-order valence-corrected chi connectivity index (χ0v) is 13.2. The Morgan fingerprint density at radius 1 is 1.04 bits per heavy atom. The number of rotatable bonds is 4. The Balaban J connectivity index is 1.99. The SMILES string of the molecule is CC(=O)c1ccc(NS(=O)(=O)c2cccc3cnccc23)cc1. The molecule has 23 heavy (non-hydrogen) atoms. The van der Waals surface area contributed by atoms with E-state index in [0.29, 0.717) is 16.6 Å². The average Bonchev–Trinajstić information content (AvgIpc) is 2.54. The number of anilines is 1. The van der Waals surface area contributed by atoms with Crippen LogP contribution in [-0.4, -0.2) is 19.2 Å². The molecule has 0 atom stereocenters. The maximum Gasteiger partial charge on any atom is 0.262 e. The van der Waals surface area contributed by atoms with E-state index in [1.54, 1.807) is 54.9 Å². The monoisotopic (exact) mass is 326 g/mol. The van der Waals surface area contributed by atoms with Gasteiger partial charge in [0, 0.05) is 34.4 Å². The number of pyridine rings is 1. The maximum atomic E-state index is 12.6. The summed E-state index contributed by atoms with van der Waals surface area (Å²) in [6, 6.07) is 13.0. The zero-order chi connectivity index (χ0) is 16.4. The third-order valence-electron chi connectivity index (χ3n) is 3.47. The van der Waals surface area contributed by atoms with Gasteiger partial charge in [-0.2, -0.15) is 0 Å². The van der Waals surface area contributed by atoms with Gasteiger partial charge < -0.3 is 0 Å². The number of ketones is 1. The second-order valence-corrected chi connectivity index (χ2v) is 6.74. The minimum atomic E-state index is -3.74. The number of carbonyl (C=O) groups is 1. The van der Waals surface area contributed by atoms with Crippen molar-refractivity contribution in [3.8, 4) is 0 Å². The van der Waals surface area contributed by atoms with E-state index in [1.807, 2.05) is 6.07 Å². The fraction of sp³-hybridized carbons (Fsp3) is 0.0588. The van der Waals surface area contributed by atoms with Gasteiger partial charge in [0.1, 0.15) is 0 Å². The van der Waals surface area contributed by atoms with Gasteiger partial charge in [0.15, 0.2) is 5.78 Å². The van der Waals surface area contributed by atoms with Gasteiger partial charge in [-0.3, -0.25) is 14.5 Å². The zero-order valence-electron chi connectivity index (χ0n) is 12.4. The van der Waals surface area contributed by atoms with Crippen molar-refractivity contribution < 1.29 is 13.2 Å². The standard InChI is InChI=1S/C17H14N2O3S/c1-12(20)13-5-7-15(8-6-13)19-23(21,22)17-4-2-3-14-11-18-10-9-16(14)17/h2-11,19H,1H3. The van der Waals surface area contributed by atoms with E-state index < -0.39 is 10.0 Å². The van der Waals surface area contributed by atoms with E-state index in [4.69, 9.17) is 0 Å². The van der Waals surface area contributed by atoms with Crippen molar-refractivity contribution in [1.82, 2.24) is 4.98 Å². The van der Waals surface area contributed by atoms with Crippen LogP contribution >= 0.6 is 0 Å². The van der Waals surface area contributed by atoms with Crippen molar-refractivity contribution in [1.29, 1.82) is 0 Å². The van der Waals surface area contributed by atoms with Crippen LogP contribution in [0.15, 0.2) is 65.8 Å². The summed E-state index contributed by atoms with van der Waals surface area (Å²) in [6.07, 6.45) is 3.18. The quantitative estimate of drug-likeness (QED) is 0.747. The lowest BCUT2D eigenvalue weighted by molar-refractivity contribution is 0.101. The first-order chi connectivity index (χ1) is 11.0. The second-order valence-electron chi connectivity index (χ2n) is 5.09. The fourth-order valence-corrected chi connectivity index (χ4v) is 3.60. The molecule has 0 amide bonds. The van der Waals surface area contributed by atoms with Crippen LogP contribution in [0.25, 0.3) is 10.8 Å². The van der Waals surface area contributed by atoms with Crippen LogP contribution in [0, 0.1) is 0 Å². The number of hydrogen-bond acceptors (Lipinski definition) is 4. The van der Waals surface area contributed by atoms with Crippen molar-refractivity contribution in [3.63, 3.8) is 0 Å². The first kappa shape index (κ1) is 15.2. The Morgan fingerprint density at radius 2 is 1.78 bits per heavy atom. The molecule has 0 aliphatic heterocycles. The molecule has 2 aromatic carbocycles. The first-order valence-corrected chi connectivity index (χ1v) is 8.42. The number of carbonyl (C=O) groups excluding carboxylic acids is 1. The fourth-order valence-electron chi connectivity index (χ4n) is 2.31. The van der Waals surface area contributed by atoms with Crippen LogP contribution in [0.2, 0.25) is 0 Å². The summed E-state index contributed by atoms with van der Waals surface area (Å²) in [5, 5.41) is 1.36. The highest BCUT2D eigenvalue weighted by atomic mass is 32.2. The molecular formula is C17H14N2O3S. The van der Waals surface area contributed by atoms with E-state index >= 15 is 0 Å². The lowest BCUT2D eigenvalue weighted by Gasteiger charge is -2.10. The van der Waals surface area contributed by atoms with Crippen LogP contribution in [0.4, 0.5) is 5.69 Å². The topological polar surface area (TPSA) is 76.1 Å². The molecule has 0 aliphatic rings. The van der Waals surface area contributed by atoms with Crippen LogP contribution in [0.5, 0.6) is 0 Å². The highest BCUT2D eigenvalue weighted by Gasteiger charge is 2.17. The Bertz CT molecular complexity index is 975. The Hall–Kier alpha value is -2.73. The summed E-state index contributed by atoms with van der Waals surface area (Å²) in [7, 11) is -3.74. The summed E-state index contributed by atoms with van der Waals surface area (Å²) in [6.45, 7) is 1.46. The van der Waals surface area contributed by atoms with Gasteiger partial charge >= 0.3 is 0 Å². The molecule has 0 fully saturated rings. The number of nitrogens with one attached hydrogen (secondary N) is 1. The molecule has 3 rings (SSSR count). The maximum absolute atomic E-state index is 12.6. The Morgan fingerprint density at radius 3 is 2.48 bits per heavy atom. The molecule has 5 nitrogen and oxygen atoms in total. The molecule has 0 radical (unpaired) electrons. The minimum absolute atomic E-state index is 0.0686. The van der Waals surface area contributed by atoms with Crippen LogP contribution in [0.3, 0.4) is 0 Å². The molecule has 1 N–H and O–H groups in total. The number of sulfonamides is 1. The lowest BCUT2D eigenvalue weighted by atomic mass is 10.1. The van der Waals surface area contributed by atoms with Gasteiger partial charge in [-0.15, -0.1) is 0 Å². The predicted octanol–water partition coefficient (Wildman–Crippen LogP) is 3.24. The highest BCUT2D eigenvalue weighted by Crippen LogP contribution is 2.24. The summed E-state index contributed by atoms with van der Waals surface area (Å²) in [5.74, 6) is -0.0686. The molecule has 116 valence electrons. The van der Waals surface area contributed by atoms with Crippen LogP contribution in [-0.2, 0) is 10.0 Å². The van der Waals surface area contributed by atoms with Gasteiger partial charge in [-0.25, -0.2) is 8.42 Å². The summed E-state index contributed by atoms with van der Waals surface area (Å²) in [5.41, 5.74) is 0.935. The molecule has 1 aromatic heterocycles. The van der Waals surface area contributed by atoms with Gasteiger partial charge in [0.25, 0.3) is 10.0 Å². The molecule has 0 saturated carbocycles. The summed E-state index contributed by atoms with van der Waals surface area (Å²) >= 11 is 0. The van der Waals surface area contributed by atoms with Gasteiger partial charge in [-0.1, -0.05) is 12.1 Å². The van der Waals surface area contributed by atoms with E-state index in [-0.39, 0.29) is 10.7 Å². The Labute approximate surface area is 134 Å². The molecule has 6 heteroatoms.